The predicted octanol–water partition coefficient (Wildman–Crippen LogP) is 3.04. The third kappa shape index (κ3) is 2.61. The zero-order chi connectivity index (χ0) is 17.8. The van der Waals surface area contributed by atoms with Gasteiger partial charge < -0.3 is 14.4 Å². The Hall–Kier alpha value is -2.60. The van der Waals surface area contributed by atoms with Crippen molar-refractivity contribution in [2.24, 2.45) is 5.92 Å². The van der Waals surface area contributed by atoms with Crippen LogP contribution in [0.5, 0.6) is 0 Å². The first-order chi connectivity index (χ1) is 12.6. The smallest absolute Gasteiger partial charge is 0.254 e. The summed E-state index contributed by atoms with van der Waals surface area (Å²) in [4.78, 5) is 14.8. The molecule has 26 heavy (non-hydrogen) atoms. The van der Waals surface area contributed by atoms with Gasteiger partial charge in [-0.25, -0.2) is 0 Å². The van der Waals surface area contributed by atoms with Gasteiger partial charge in [-0.15, -0.1) is 0 Å². The van der Waals surface area contributed by atoms with Crippen LogP contribution in [0.25, 0.3) is 11.0 Å². The molecular formula is C20H21N3O3. The summed E-state index contributed by atoms with van der Waals surface area (Å²) in [7, 11) is 0. The predicted molar refractivity (Wildman–Crippen MR) is 95.6 cm³/mol. The maximum Gasteiger partial charge on any atom is 0.254 e. The minimum absolute atomic E-state index is 0.0162. The third-order valence-corrected chi connectivity index (χ3v) is 5.36. The quantitative estimate of drug-likeness (QED) is 0.787. The van der Waals surface area contributed by atoms with Crippen LogP contribution in [-0.4, -0.2) is 32.2 Å². The molecule has 1 saturated carbocycles. The summed E-state index contributed by atoms with van der Waals surface area (Å²) in [6, 6.07) is 9.46. The molecule has 0 spiro atoms. The van der Waals surface area contributed by atoms with Gasteiger partial charge in [0.1, 0.15) is 17.4 Å². The summed E-state index contributed by atoms with van der Waals surface area (Å²) in [5, 5.41) is 15.8. The maximum atomic E-state index is 12.9. The van der Waals surface area contributed by atoms with E-state index in [1.807, 2.05) is 46.8 Å². The van der Waals surface area contributed by atoms with Gasteiger partial charge in [0.15, 0.2) is 0 Å². The molecule has 1 atom stereocenters. The van der Waals surface area contributed by atoms with Crippen LogP contribution in [0, 0.1) is 12.8 Å². The van der Waals surface area contributed by atoms with Gasteiger partial charge in [-0.2, -0.15) is 5.10 Å². The van der Waals surface area contributed by atoms with Crippen LogP contribution >= 0.6 is 0 Å². The number of aromatic nitrogens is 2. The Balaban J connectivity index is 1.38. The summed E-state index contributed by atoms with van der Waals surface area (Å²) in [6.45, 7) is 3.70. The van der Waals surface area contributed by atoms with E-state index in [9.17, 15) is 9.90 Å². The van der Waals surface area contributed by atoms with E-state index in [0.717, 1.165) is 41.0 Å². The number of nitrogens with zero attached hydrogens (tertiary/aromatic N) is 3. The highest BCUT2D eigenvalue weighted by Gasteiger charge is 2.33. The lowest BCUT2D eigenvalue weighted by molar-refractivity contribution is 0.0705. The van der Waals surface area contributed by atoms with E-state index >= 15 is 0 Å². The number of rotatable bonds is 3. The van der Waals surface area contributed by atoms with E-state index in [1.54, 1.807) is 0 Å². The lowest BCUT2D eigenvalue weighted by Gasteiger charge is -2.27. The van der Waals surface area contributed by atoms with Crippen molar-refractivity contribution in [2.75, 3.05) is 6.54 Å². The summed E-state index contributed by atoms with van der Waals surface area (Å²) >= 11 is 0. The standard InChI is InChI=1S/C20H21N3O3/c1-12-8-15-9-14(4-5-18(15)26-12)20(25)22-6-7-23-16(11-22)10-17(21-23)19(24)13-2-3-13/h4-5,8-10,13,19,24H,2-3,6-7,11H2,1H3. The minimum atomic E-state index is -0.469. The molecule has 134 valence electrons. The fourth-order valence-electron chi connectivity index (χ4n) is 3.75. The fourth-order valence-corrected chi connectivity index (χ4v) is 3.75. The lowest BCUT2D eigenvalue weighted by atomic mass is 10.1. The molecule has 0 saturated heterocycles. The molecule has 0 radical (unpaired) electrons. The first-order valence-corrected chi connectivity index (χ1v) is 9.12. The first kappa shape index (κ1) is 15.6. The zero-order valence-corrected chi connectivity index (χ0v) is 14.7. The molecule has 2 aromatic heterocycles. The number of furan rings is 1. The number of carbonyl (C=O) groups excluding carboxylic acids is 1. The number of aryl methyl sites for hydroxylation is 1. The Bertz CT molecular complexity index is 999. The zero-order valence-electron chi connectivity index (χ0n) is 14.7. The molecule has 0 bridgehead atoms. The van der Waals surface area contributed by atoms with E-state index < -0.39 is 6.10 Å². The van der Waals surface area contributed by atoms with E-state index in [-0.39, 0.29) is 5.91 Å². The first-order valence-electron chi connectivity index (χ1n) is 9.12. The molecular weight excluding hydrogens is 330 g/mol. The lowest BCUT2D eigenvalue weighted by Crippen LogP contribution is -2.38. The van der Waals surface area contributed by atoms with E-state index in [1.165, 1.54) is 0 Å². The second-order valence-corrected chi connectivity index (χ2v) is 7.40. The highest BCUT2D eigenvalue weighted by Crippen LogP contribution is 2.40. The van der Waals surface area contributed by atoms with Crippen molar-refractivity contribution in [3.63, 3.8) is 0 Å². The van der Waals surface area contributed by atoms with Crippen molar-refractivity contribution in [1.29, 1.82) is 0 Å². The molecule has 1 unspecified atom stereocenters. The van der Waals surface area contributed by atoms with E-state index in [0.29, 0.717) is 31.1 Å². The highest BCUT2D eigenvalue weighted by molar-refractivity contribution is 5.97. The SMILES string of the molecule is Cc1cc2cc(C(=O)N3CCn4nc(C(O)C5CC5)cc4C3)ccc2o1. The Morgan fingerprint density at radius 2 is 2.12 bits per heavy atom. The molecule has 6 heteroatoms. The molecule has 6 nitrogen and oxygen atoms in total. The van der Waals surface area contributed by atoms with Crippen molar-refractivity contribution < 1.29 is 14.3 Å². The van der Waals surface area contributed by atoms with Crippen molar-refractivity contribution >= 4 is 16.9 Å². The van der Waals surface area contributed by atoms with Crippen molar-refractivity contribution in [3.8, 4) is 0 Å². The average molecular weight is 351 g/mol. The number of fused-ring (bicyclic) bond motifs is 2. The van der Waals surface area contributed by atoms with Crippen molar-refractivity contribution in [1.82, 2.24) is 14.7 Å². The Kier molecular flexibility index (Phi) is 3.43. The van der Waals surface area contributed by atoms with Crippen LogP contribution < -0.4 is 0 Å². The highest BCUT2D eigenvalue weighted by atomic mass is 16.3. The Labute approximate surface area is 151 Å². The molecule has 1 fully saturated rings. The third-order valence-electron chi connectivity index (χ3n) is 5.36. The topological polar surface area (TPSA) is 71.5 Å². The average Bonchev–Trinajstić information content (AvgIpc) is 3.29. The number of hydrogen-bond acceptors (Lipinski definition) is 4. The summed E-state index contributed by atoms with van der Waals surface area (Å²) in [5.41, 5.74) is 3.20. The van der Waals surface area contributed by atoms with Gasteiger partial charge in [0.25, 0.3) is 5.91 Å². The number of hydrogen-bond donors (Lipinski definition) is 1. The number of aliphatic hydroxyl groups is 1. The van der Waals surface area contributed by atoms with Crippen molar-refractivity contribution in [2.45, 2.75) is 39.0 Å². The van der Waals surface area contributed by atoms with Gasteiger partial charge in [-0.3, -0.25) is 9.48 Å². The molecule has 3 aromatic rings. The van der Waals surface area contributed by atoms with Gasteiger partial charge >= 0.3 is 0 Å². The van der Waals surface area contributed by atoms with Crippen LogP contribution in [0.3, 0.4) is 0 Å². The monoisotopic (exact) mass is 351 g/mol. The van der Waals surface area contributed by atoms with Crippen LogP contribution in [0.15, 0.2) is 34.7 Å². The number of benzene rings is 1. The van der Waals surface area contributed by atoms with E-state index in [4.69, 9.17) is 4.42 Å². The van der Waals surface area contributed by atoms with Crippen LogP contribution in [0.2, 0.25) is 0 Å². The Morgan fingerprint density at radius 1 is 1.27 bits per heavy atom. The minimum Gasteiger partial charge on any atom is -0.461 e. The maximum absolute atomic E-state index is 12.9. The molecule has 2 aliphatic rings. The fraction of sp³-hybridized carbons (Fsp3) is 0.400. The molecule has 3 heterocycles. The van der Waals surface area contributed by atoms with Gasteiger partial charge in [0, 0.05) is 17.5 Å². The molecule has 1 N–H and O–H groups in total. The summed E-state index contributed by atoms with van der Waals surface area (Å²) in [6.07, 6.45) is 1.68. The normalized spacial score (nSPS) is 18.2. The van der Waals surface area contributed by atoms with Gasteiger partial charge in [-0.05, 0) is 56.0 Å². The largest absolute Gasteiger partial charge is 0.461 e. The summed E-state index contributed by atoms with van der Waals surface area (Å²) < 4.78 is 7.51. The van der Waals surface area contributed by atoms with Gasteiger partial charge in [0.2, 0.25) is 0 Å². The van der Waals surface area contributed by atoms with Crippen LogP contribution in [0.1, 0.15) is 46.5 Å². The molecule has 1 aliphatic heterocycles. The molecule has 1 aromatic carbocycles. The van der Waals surface area contributed by atoms with Crippen molar-refractivity contribution in [3.05, 3.63) is 53.0 Å². The summed E-state index contributed by atoms with van der Waals surface area (Å²) in [5.74, 6) is 1.21. The van der Waals surface area contributed by atoms with Gasteiger partial charge in [-0.1, -0.05) is 0 Å². The molecule has 1 amide bonds. The Morgan fingerprint density at radius 3 is 2.92 bits per heavy atom. The second-order valence-electron chi connectivity index (χ2n) is 7.40. The number of carbonyl (C=O) groups is 1. The second kappa shape index (κ2) is 5.71. The van der Waals surface area contributed by atoms with Crippen LogP contribution in [-0.2, 0) is 13.1 Å². The number of aliphatic hydroxyl groups excluding tert-OH is 1. The van der Waals surface area contributed by atoms with Crippen LogP contribution in [0.4, 0.5) is 0 Å². The number of amides is 1. The molecule has 1 aliphatic carbocycles. The van der Waals surface area contributed by atoms with Gasteiger partial charge in [0.05, 0.1) is 24.5 Å². The van der Waals surface area contributed by atoms with E-state index in [2.05, 4.69) is 5.10 Å². The molecule has 5 rings (SSSR count).